The molecule has 0 aromatic heterocycles. The molecule has 3 N–H and O–H groups in total. The lowest BCUT2D eigenvalue weighted by Gasteiger charge is -2.34. The summed E-state index contributed by atoms with van der Waals surface area (Å²) < 4.78 is 0. The van der Waals surface area contributed by atoms with Crippen LogP contribution >= 0.6 is 11.6 Å². The van der Waals surface area contributed by atoms with Gasteiger partial charge in [0.05, 0.1) is 17.3 Å². The highest BCUT2D eigenvalue weighted by Gasteiger charge is 2.31. The first kappa shape index (κ1) is 14.6. The Morgan fingerprint density at radius 1 is 1.29 bits per heavy atom. The number of nitrogen functional groups attached to an aromatic ring is 1. The summed E-state index contributed by atoms with van der Waals surface area (Å²) in [5.74, 6) is -0.0263. The number of amides is 1. The zero-order valence-electron chi connectivity index (χ0n) is 12.0. The van der Waals surface area contributed by atoms with Crippen LogP contribution in [0.5, 0.6) is 0 Å². The zero-order valence-corrected chi connectivity index (χ0v) is 12.8. The highest BCUT2D eigenvalue weighted by atomic mass is 35.5. The number of benzene rings is 1. The van der Waals surface area contributed by atoms with Gasteiger partial charge in [0, 0.05) is 37.9 Å². The summed E-state index contributed by atoms with van der Waals surface area (Å²) in [6.07, 6.45) is 2.69. The van der Waals surface area contributed by atoms with Crippen molar-refractivity contribution in [2.75, 3.05) is 43.8 Å². The molecule has 5 nitrogen and oxygen atoms in total. The highest BCUT2D eigenvalue weighted by Crippen LogP contribution is 2.27. The topological polar surface area (TPSA) is 61.6 Å². The van der Waals surface area contributed by atoms with Gasteiger partial charge in [0.1, 0.15) is 0 Å². The lowest BCUT2D eigenvalue weighted by Crippen LogP contribution is -2.49. The van der Waals surface area contributed by atoms with Crippen molar-refractivity contribution in [3.05, 3.63) is 23.2 Å². The Morgan fingerprint density at radius 2 is 2.00 bits per heavy atom. The second-order valence-corrected chi connectivity index (χ2v) is 6.24. The van der Waals surface area contributed by atoms with Crippen molar-refractivity contribution in [2.24, 2.45) is 0 Å². The summed E-state index contributed by atoms with van der Waals surface area (Å²) >= 11 is 6.06. The summed E-state index contributed by atoms with van der Waals surface area (Å²) in [7, 11) is 0. The van der Waals surface area contributed by atoms with Crippen molar-refractivity contribution < 1.29 is 4.79 Å². The van der Waals surface area contributed by atoms with E-state index < -0.39 is 0 Å². The predicted molar refractivity (Wildman–Crippen MR) is 85.5 cm³/mol. The van der Waals surface area contributed by atoms with E-state index in [9.17, 15) is 4.79 Å². The largest absolute Gasteiger partial charge is 0.399 e. The van der Waals surface area contributed by atoms with Gasteiger partial charge in [-0.15, -0.1) is 0 Å². The van der Waals surface area contributed by atoms with E-state index in [1.165, 1.54) is 12.8 Å². The SMILES string of the molecule is Nc1ccc(NC(=O)CN2CCN(C3CC3)CC2)c(Cl)c1. The van der Waals surface area contributed by atoms with Crippen LogP contribution in [0.3, 0.4) is 0 Å². The normalized spacial score (nSPS) is 20.4. The third-order valence-electron chi connectivity index (χ3n) is 4.10. The van der Waals surface area contributed by atoms with E-state index in [4.69, 9.17) is 17.3 Å². The molecule has 1 aromatic carbocycles. The van der Waals surface area contributed by atoms with E-state index in [2.05, 4.69) is 15.1 Å². The second kappa shape index (κ2) is 6.22. The maximum Gasteiger partial charge on any atom is 0.238 e. The first-order chi connectivity index (χ1) is 10.1. The van der Waals surface area contributed by atoms with Crippen LogP contribution in [0.2, 0.25) is 5.02 Å². The van der Waals surface area contributed by atoms with E-state index >= 15 is 0 Å². The van der Waals surface area contributed by atoms with Crippen molar-refractivity contribution in [2.45, 2.75) is 18.9 Å². The molecule has 3 rings (SSSR count). The molecule has 1 aliphatic carbocycles. The summed E-state index contributed by atoms with van der Waals surface area (Å²) in [6, 6.07) is 5.93. The number of hydrogen-bond donors (Lipinski definition) is 2. The highest BCUT2D eigenvalue weighted by molar-refractivity contribution is 6.34. The number of anilines is 2. The average molecular weight is 309 g/mol. The van der Waals surface area contributed by atoms with Gasteiger partial charge in [-0.1, -0.05) is 11.6 Å². The maximum atomic E-state index is 12.1. The van der Waals surface area contributed by atoms with Crippen molar-refractivity contribution in [3.63, 3.8) is 0 Å². The lowest BCUT2D eigenvalue weighted by atomic mass is 10.2. The molecule has 6 heteroatoms. The minimum atomic E-state index is -0.0263. The van der Waals surface area contributed by atoms with Gasteiger partial charge in [-0.2, -0.15) is 0 Å². The van der Waals surface area contributed by atoms with Crippen LogP contribution < -0.4 is 11.1 Å². The molecular formula is C15H21ClN4O. The summed E-state index contributed by atoms with van der Waals surface area (Å²) in [6.45, 7) is 4.47. The number of nitrogens with one attached hydrogen (secondary N) is 1. The minimum absolute atomic E-state index is 0.0263. The molecular weight excluding hydrogens is 288 g/mol. The number of nitrogens with two attached hydrogens (primary N) is 1. The Kier molecular flexibility index (Phi) is 4.33. The van der Waals surface area contributed by atoms with Crippen LogP contribution in [0.15, 0.2) is 18.2 Å². The molecule has 0 bridgehead atoms. The van der Waals surface area contributed by atoms with E-state index in [1.54, 1.807) is 18.2 Å². The van der Waals surface area contributed by atoms with Gasteiger partial charge < -0.3 is 11.1 Å². The molecule has 0 atom stereocenters. The fourth-order valence-corrected chi connectivity index (χ4v) is 2.99. The Labute approximate surface area is 130 Å². The number of carbonyl (C=O) groups excluding carboxylic acids is 1. The Balaban J connectivity index is 1.47. The van der Waals surface area contributed by atoms with E-state index in [0.29, 0.717) is 22.9 Å². The third kappa shape index (κ3) is 3.87. The molecule has 114 valence electrons. The predicted octanol–water partition coefficient (Wildman–Crippen LogP) is 1.64. The van der Waals surface area contributed by atoms with E-state index in [0.717, 1.165) is 32.2 Å². The molecule has 1 amide bonds. The molecule has 1 saturated carbocycles. The average Bonchev–Trinajstić information content (AvgIpc) is 3.27. The smallest absolute Gasteiger partial charge is 0.238 e. The number of halogens is 1. The molecule has 1 saturated heterocycles. The van der Waals surface area contributed by atoms with Crippen LogP contribution in [0.25, 0.3) is 0 Å². The number of rotatable bonds is 4. The molecule has 2 aliphatic rings. The zero-order chi connectivity index (χ0) is 14.8. The fourth-order valence-electron chi connectivity index (χ4n) is 2.75. The van der Waals surface area contributed by atoms with Crippen LogP contribution in [-0.4, -0.2) is 54.5 Å². The van der Waals surface area contributed by atoms with E-state index in [-0.39, 0.29) is 5.91 Å². The first-order valence-corrected chi connectivity index (χ1v) is 7.81. The van der Waals surface area contributed by atoms with Crippen LogP contribution in [-0.2, 0) is 4.79 Å². The lowest BCUT2D eigenvalue weighted by molar-refractivity contribution is -0.117. The van der Waals surface area contributed by atoms with Crippen molar-refractivity contribution >= 4 is 28.9 Å². The summed E-state index contributed by atoms with van der Waals surface area (Å²) in [5, 5.41) is 3.32. The molecule has 2 fully saturated rings. The van der Waals surface area contributed by atoms with Crippen molar-refractivity contribution in [1.82, 2.24) is 9.80 Å². The minimum Gasteiger partial charge on any atom is -0.399 e. The standard InChI is InChI=1S/C15H21ClN4O/c16-13-9-11(17)1-4-14(13)18-15(21)10-19-5-7-20(8-6-19)12-2-3-12/h1,4,9,12H,2-3,5-8,10,17H2,(H,18,21). The van der Waals surface area contributed by atoms with Gasteiger partial charge >= 0.3 is 0 Å². The molecule has 0 radical (unpaired) electrons. The van der Waals surface area contributed by atoms with E-state index in [1.807, 2.05) is 0 Å². The van der Waals surface area contributed by atoms with Gasteiger partial charge in [-0.3, -0.25) is 14.6 Å². The number of nitrogens with zero attached hydrogens (tertiary/aromatic N) is 2. The van der Waals surface area contributed by atoms with Crippen LogP contribution in [0, 0.1) is 0 Å². The number of carbonyl (C=O) groups is 1. The molecule has 1 aromatic rings. The van der Waals surface area contributed by atoms with Gasteiger partial charge in [0.25, 0.3) is 0 Å². The molecule has 0 unspecified atom stereocenters. The van der Waals surface area contributed by atoms with Crippen LogP contribution in [0.1, 0.15) is 12.8 Å². The molecule has 0 spiro atoms. The fraction of sp³-hybridized carbons (Fsp3) is 0.533. The van der Waals surface area contributed by atoms with Gasteiger partial charge in [0.15, 0.2) is 0 Å². The second-order valence-electron chi connectivity index (χ2n) is 5.83. The maximum absolute atomic E-state index is 12.1. The first-order valence-electron chi connectivity index (χ1n) is 7.43. The summed E-state index contributed by atoms with van der Waals surface area (Å²) in [5.41, 5.74) is 6.85. The Morgan fingerprint density at radius 3 is 2.62 bits per heavy atom. The van der Waals surface area contributed by atoms with Gasteiger partial charge in [-0.05, 0) is 31.0 Å². The third-order valence-corrected chi connectivity index (χ3v) is 4.42. The van der Waals surface area contributed by atoms with Crippen molar-refractivity contribution in [3.8, 4) is 0 Å². The Bertz CT molecular complexity index is 524. The monoisotopic (exact) mass is 308 g/mol. The van der Waals surface area contributed by atoms with Crippen molar-refractivity contribution in [1.29, 1.82) is 0 Å². The summed E-state index contributed by atoms with van der Waals surface area (Å²) in [4.78, 5) is 16.8. The molecule has 21 heavy (non-hydrogen) atoms. The van der Waals surface area contributed by atoms with Crippen LogP contribution in [0.4, 0.5) is 11.4 Å². The van der Waals surface area contributed by atoms with Gasteiger partial charge in [-0.25, -0.2) is 0 Å². The number of piperazine rings is 1. The number of hydrogen-bond acceptors (Lipinski definition) is 4. The molecule has 1 heterocycles. The van der Waals surface area contributed by atoms with Gasteiger partial charge in [0.2, 0.25) is 5.91 Å². The Hall–Kier alpha value is -1.30. The molecule has 1 aliphatic heterocycles. The quantitative estimate of drug-likeness (QED) is 0.830.